The Morgan fingerprint density at radius 3 is 1.81 bits per heavy atom. The first kappa shape index (κ1) is 25.7. The van der Waals surface area contributed by atoms with Crippen LogP contribution in [0.25, 0.3) is 0 Å². The van der Waals surface area contributed by atoms with Crippen LogP contribution in [-0.4, -0.2) is 18.9 Å². The van der Waals surface area contributed by atoms with E-state index in [2.05, 4.69) is 57.2 Å². The van der Waals surface area contributed by atoms with Crippen molar-refractivity contribution in [1.82, 2.24) is 0 Å². The van der Waals surface area contributed by atoms with E-state index >= 15 is 0 Å². The van der Waals surface area contributed by atoms with Crippen molar-refractivity contribution in [3.05, 3.63) is 94.0 Å². The molecule has 0 spiro atoms. The second-order valence-corrected chi connectivity index (χ2v) is 13.2. The van der Waals surface area contributed by atoms with E-state index in [-0.39, 0.29) is 40.0 Å². The molecule has 0 aromatic heterocycles. The lowest BCUT2D eigenvalue weighted by Crippen LogP contribution is -2.49. The molecule has 194 valence electrons. The fourth-order valence-corrected chi connectivity index (χ4v) is 7.54. The molecule has 2 atom stereocenters. The zero-order chi connectivity index (χ0) is 26.9. The fraction of sp³-hybridized carbons (Fsp3) is 0.387. The van der Waals surface area contributed by atoms with Gasteiger partial charge < -0.3 is 9.29 Å². The minimum absolute atomic E-state index is 0.000896. The number of rotatable bonds is 4. The van der Waals surface area contributed by atoms with Crippen LogP contribution < -0.4 is 4.74 Å². The molecule has 3 aliphatic carbocycles. The van der Waals surface area contributed by atoms with E-state index in [1.165, 1.54) is 28.3 Å². The predicted molar refractivity (Wildman–Crippen MR) is 142 cm³/mol. The molecule has 0 N–H and O–H groups in total. The molecule has 37 heavy (non-hydrogen) atoms. The third kappa shape index (κ3) is 4.20. The zero-order valence-corrected chi connectivity index (χ0v) is 22.9. The van der Waals surface area contributed by atoms with Gasteiger partial charge >= 0.3 is 5.97 Å². The highest BCUT2D eigenvalue weighted by molar-refractivity contribution is 7.85. The van der Waals surface area contributed by atoms with Crippen molar-refractivity contribution in [2.45, 2.75) is 64.2 Å². The molecule has 0 amide bonds. The van der Waals surface area contributed by atoms with Gasteiger partial charge in [-0.3, -0.25) is 4.79 Å². The molecule has 6 rings (SSSR count). The molecule has 2 bridgehead atoms. The summed E-state index contributed by atoms with van der Waals surface area (Å²) in [5.74, 6) is -0.745. The average Bonchev–Trinajstić information content (AvgIpc) is 2.83. The van der Waals surface area contributed by atoms with Gasteiger partial charge in [-0.15, -0.1) is 0 Å². The van der Waals surface area contributed by atoms with Gasteiger partial charge in [-0.1, -0.05) is 83.1 Å². The molecule has 3 aromatic rings. The predicted octanol–water partition coefficient (Wildman–Crippen LogP) is 6.50. The van der Waals surface area contributed by atoms with Crippen LogP contribution in [-0.2, 0) is 14.9 Å². The second-order valence-electron chi connectivity index (χ2n) is 11.8. The fourth-order valence-electron chi connectivity index (χ4n) is 6.63. The number of carbonyl (C=O) groups is 1. The van der Waals surface area contributed by atoms with Crippen LogP contribution in [0.5, 0.6) is 5.75 Å². The van der Waals surface area contributed by atoms with Crippen molar-refractivity contribution >= 4 is 16.1 Å². The van der Waals surface area contributed by atoms with E-state index in [1.807, 2.05) is 26.0 Å². The molecule has 0 fully saturated rings. The zero-order valence-electron chi connectivity index (χ0n) is 22.1. The summed E-state index contributed by atoms with van der Waals surface area (Å²) in [5.41, 5.74) is 5.50. The quantitative estimate of drug-likeness (QED) is 0.224. The summed E-state index contributed by atoms with van der Waals surface area (Å²) >= 11 is 0. The van der Waals surface area contributed by atoms with Crippen molar-refractivity contribution in [2.24, 2.45) is 17.3 Å². The molecule has 0 aliphatic heterocycles. The molecule has 3 aromatic carbocycles. The minimum Gasteiger partial charge on any atom is -0.744 e. The number of ether oxygens (including phenoxy) is 1. The topological polar surface area (TPSA) is 83.5 Å². The Balaban J connectivity index is 1.64. The summed E-state index contributed by atoms with van der Waals surface area (Å²) in [4.78, 5) is 13.9. The number of carbonyl (C=O) groups excluding carboxylic acids is 1. The van der Waals surface area contributed by atoms with E-state index < -0.39 is 16.0 Å². The Morgan fingerprint density at radius 1 is 0.892 bits per heavy atom. The van der Waals surface area contributed by atoms with Gasteiger partial charge in [-0.25, -0.2) is 8.42 Å². The maximum absolute atomic E-state index is 14.1. The van der Waals surface area contributed by atoms with Crippen molar-refractivity contribution in [3.8, 4) is 5.75 Å². The SMILES string of the molecule is Cc1cc(S(=O)(=O)[O-])c(C(C)C)cc1OC(=O)C1C2c3ccccc3C(c3ccccc32)C1C(C)(C)C. The number of esters is 1. The first-order valence-corrected chi connectivity index (χ1v) is 14.2. The molecule has 6 heteroatoms. The number of hydrogen-bond donors (Lipinski definition) is 0. The second kappa shape index (κ2) is 8.81. The molecular formula is C31H33O5S-. The van der Waals surface area contributed by atoms with E-state index in [1.54, 1.807) is 13.0 Å². The molecule has 3 aliphatic rings. The van der Waals surface area contributed by atoms with Crippen LogP contribution in [0, 0.1) is 24.2 Å². The highest BCUT2D eigenvalue weighted by Gasteiger charge is 2.56. The normalized spacial score (nSPS) is 22.5. The van der Waals surface area contributed by atoms with Crippen LogP contribution in [0.1, 0.15) is 85.8 Å². The van der Waals surface area contributed by atoms with Gasteiger partial charge in [0.2, 0.25) is 0 Å². The molecule has 0 saturated heterocycles. The molecule has 0 radical (unpaired) electrons. The van der Waals surface area contributed by atoms with Crippen molar-refractivity contribution in [2.75, 3.05) is 0 Å². The molecule has 5 nitrogen and oxygen atoms in total. The monoisotopic (exact) mass is 517 g/mol. The highest BCUT2D eigenvalue weighted by Crippen LogP contribution is 2.62. The summed E-state index contributed by atoms with van der Waals surface area (Å²) in [5, 5.41) is 0. The number of fused-ring (bicyclic) bond motifs is 1. The first-order chi connectivity index (χ1) is 17.3. The third-order valence-corrected chi connectivity index (χ3v) is 9.01. The Bertz CT molecular complexity index is 1450. The standard InChI is InChI=1S/C31H34O5S/c1-17(2)23-16-24(18(3)15-25(23)37(33,34)35)36-30(32)28-26-19-11-7-9-13-21(19)27(29(28)31(4,5)6)22-14-10-8-12-20(22)26/h7-17,26-29H,1-6H3,(H,33,34,35)/p-1. The summed E-state index contributed by atoms with van der Waals surface area (Å²) < 4.78 is 41.8. The highest BCUT2D eigenvalue weighted by atomic mass is 32.2. The lowest BCUT2D eigenvalue weighted by atomic mass is 9.49. The van der Waals surface area contributed by atoms with Crippen LogP contribution in [0.15, 0.2) is 65.6 Å². The number of aryl methyl sites for hydroxylation is 1. The van der Waals surface area contributed by atoms with Crippen LogP contribution >= 0.6 is 0 Å². The van der Waals surface area contributed by atoms with Gasteiger partial charge in [0, 0.05) is 11.8 Å². The van der Waals surface area contributed by atoms with Crippen LogP contribution in [0.2, 0.25) is 0 Å². The van der Waals surface area contributed by atoms with Gasteiger partial charge in [0.15, 0.2) is 0 Å². The van der Waals surface area contributed by atoms with Crippen LogP contribution in [0.4, 0.5) is 0 Å². The Labute approximate surface area is 219 Å². The molecule has 2 unspecified atom stereocenters. The lowest BCUT2D eigenvalue weighted by molar-refractivity contribution is -0.144. The van der Waals surface area contributed by atoms with Crippen LogP contribution in [0.3, 0.4) is 0 Å². The summed E-state index contributed by atoms with van der Waals surface area (Å²) in [6, 6.07) is 19.7. The number of hydrogen-bond acceptors (Lipinski definition) is 5. The van der Waals surface area contributed by atoms with E-state index in [9.17, 15) is 17.8 Å². The molecule has 0 heterocycles. The lowest BCUT2D eigenvalue weighted by Gasteiger charge is -2.54. The first-order valence-electron chi connectivity index (χ1n) is 12.8. The third-order valence-electron chi connectivity index (χ3n) is 8.12. The summed E-state index contributed by atoms with van der Waals surface area (Å²) in [7, 11) is -4.66. The molecular weight excluding hydrogens is 484 g/mol. The van der Waals surface area contributed by atoms with Crippen molar-refractivity contribution < 1.29 is 22.5 Å². The minimum atomic E-state index is -4.66. The van der Waals surface area contributed by atoms with Crippen molar-refractivity contribution in [3.63, 3.8) is 0 Å². The van der Waals surface area contributed by atoms with E-state index in [0.29, 0.717) is 16.9 Å². The summed E-state index contributed by atoms with van der Waals surface area (Å²) in [6.45, 7) is 11.8. The maximum Gasteiger partial charge on any atom is 0.315 e. The van der Waals surface area contributed by atoms with E-state index in [0.717, 1.165) is 0 Å². The summed E-state index contributed by atoms with van der Waals surface area (Å²) in [6.07, 6.45) is 0. The number of benzene rings is 3. The van der Waals surface area contributed by atoms with Gasteiger partial charge in [0.05, 0.1) is 10.8 Å². The Morgan fingerprint density at radius 2 is 1.38 bits per heavy atom. The maximum atomic E-state index is 14.1. The van der Waals surface area contributed by atoms with Crippen molar-refractivity contribution in [1.29, 1.82) is 0 Å². The van der Waals surface area contributed by atoms with E-state index in [4.69, 9.17) is 4.74 Å². The largest absolute Gasteiger partial charge is 0.744 e. The smallest absolute Gasteiger partial charge is 0.315 e. The van der Waals surface area contributed by atoms with Gasteiger partial charge in [0.25, 0.3) is 0 Å². The Hall–Kier alpha value is -2.96. The molecule has 0 saturated carbocycles. The van der Waals surface area contributed by atoms with Gasteiger partial charge in [-0.05, 0) is 69.7 Å². The average molecular weight is 518 g/mol. The van der Waals surface area contributed by atoms with Gasteiger partial charge in [0.1, 0.15) is 15.9 Å². The van der Waals surface area contributed by atoms with Gasteiger partial charge in [-0.2, -0.15) is 0 Å². The Kier molecular flexibility index (Phi) is 6.12.